The molecule has 0 fully saturated rings. The van der Waals surface area contributed by atoms with Gasteiger partial charge in [0.05, 0.1) is 24.4 Å². The number of carbonyl (C=O) groups excluding carboxylic acids is 1. The van der Waals surface area contributed by atoms with Crippen molar-refractivity contribution in [2.45, 2.75) is 26.8 Å². The minimum atomic E-state index is -0.319. The number of hydrogen-bond acceptors (Lipinski definition) is 4. The molecule has 0 saturated heterocycles. The molecule has 1 aromatic carbocycles. The third kappa shape index (κ3) is 3.24. The zero-order chi connectivity index (χ0) is 15.6. The molecular weight excluding hydrogens is 266 g/mol. The lowest BCUT2D eigenvalue weighted by molar-refractivity contribution is 0.0600. The molecule has 5 nitrogen and oxygen atoms in total. The number of anilines is 1. The summed E-state index contributed by atoms with van der Waals surface area (Å²) < 4.78 is 6.55. The lowest BCUT2D eigenvalue weighted by Crippen LogP contribution is -2.09. The van der Waals surface area contributed by atoms with Gasteiger partial charge in [0.1, 0.15) is 0 Å². The van der Waals surface area contributed by atoms with Crippen molar-refractivity contribution >= 4 is 11.7 Å². The fraction of sp³-hybridized carbons (Fsp3) is 0.375. The van der Waals surface area contributed by atoms with Gasteiger partial charge in [-0.2, -0.15) is 5.10 Å². The number of carbonyl (C=O) groups is 1. The third-order valence-electron chi connectivity index (χ3n) is 3.54. The SMILES string of the molecule is COC(=O)c1ccc(NC(C)c2cn(C)nc2C)c(C)c1. The maximum atomic E-state index is 11.5. The van der Waals surface area contributed by atoms with Crippen molar-refractivity contribution in [3.8, 4) is 0 Å². The predicted molar refractivity (Wildman–Crippen MR) is 82.5 cm³/mol. The van der Waals surface area contributed by atoms with Crippen LogP contribution in [-0.2, 0) is 11.8 Å². The Labute approximate surface area is 124 Å². The first kappa shape index (κ1) is 15.1. The minimum absolute atomic E-state index is 0.140. The third-order valence-corrected chi connectivity index (χ3v) is 3.54. The van der Waals surface area contributed by atoms with Crippen LogP contribution in [0.2, 0.25) is 0 Å². The molecule has 1 unspecified atom stereocenters. The van der Waals surface area contributed by atoms with E-state index < -0.39 is 0 Å². The van der Waals surface area contributed by atoms with E-state index in [9.17, 15) is 4.79 Å². The normalized spacial score (nSPS) is 12.0. The number of aryl methyl sites for hydroxylation is 3. The van der Waals surface area contributed by atoms with Gasteiger partial charge >= 0.3 is 5.97 Å². The number of rotatable bonds is 4. The van der Waals surface area contributed by atoms with Crippen molar-refractivity contribution in [1.82, 2.24) is 9.78 Å². The van der Waals surface area contributed by atoms with Gasteiger partial charge in [0, 0.05) is 24.5 Å². The second-order valence-corrected chi connectivity index (χ2v) is 5.23. The molecule has 112 valence electrons. The van der Waals surface area contributed by atoms with E-state index in [0.29, 0.717) is 5.56 Å². The molecule has 1 heterocycles. The number of hydrogen-bond donors (Lipinski definition) is 1. The Morgan fingerprint density at radius 1 is 1.38 bits per heavy atom. The standard InChI is InChI=1S/C16H21N3O2/c1-10-8-13(16(20)21-5)6-7-15(10)17-11(2)14-9-19(4)18-12(14)3/h6-9,11,17H,1-5H3. The molecule has 0 spiro atoms. The van der Waals surface area contributed by atoms with E-state index in [1.54, 1.807) is 6.07 Å². The summed E-state index contributed by atoms with van der Waals surface area (Å²) in [4.78, 5) is 11.5. The van der Waals surface area contributed by atoms with Gasteiger partial charge in [-0.05, 0) is 44.5 Å². The minimum Gasteiger partial charge on any atom is -0.465 e. The summed E-state index contributed by atoms with van der Waals surface area (Å²) in [5, 5.41) is 7.82. The van der Waals surface area contributed by atoms with E-state index in [4.69, 9.17) is 4.74 Å². The van der Waals surface area contributed by atoms with Crippen LogP contribution in [0.3, 0.4) is 0 Å². The highest BCUT2D eigenvalue weighted by Gasteiger charge is 2.13. The number of aromatic nitrogens is 2. The highest BCUT2D eigenvalue weighted by atomic mass is 16.5. The Balaban J connectivity index is 2.20. The summed E-state index contributed by atoms with van der Waals surface area (Å²) in [5.41, 5.74) is 4.74. The van der Waals surface area contributed by atoms with Crippen LogP contribution in [-0.4, -0.2) is 22.9 Å². The first-order chi connectivity index (χ1) is 9.92. The summed E-state index contributed by atoms with van der Waals surface area (Å²) in [6.07, 6.45) is 2.02. The van der Waals surface area contributed by atoms with E-state index in [1.165, 1.54) is 7.11 Å². The molecule has 2 rings (SSSR count). The van der Waals surface area contributed by atoms with E-state index in [0.717, 1.165) is 22.5 Å². The molecule has 0 amide bonds. The van der Waals surface area contributed by atoms with Crippen LogP contribution in [0.15, 0.2) is 24.4 Å². The monoisotopic (exact) mass is 287 g/mol. The summed E-state index contributed by atoms with van der Waals surface area (Å²) in [6, 6.07) is 5.64. The number of benzene rings is 1. The van der Waals surface area contributed by atoms with Gasteiger partial charge in [-0.25, -0.2) is 4.79 Å². The Morgan fingerprint density at radius 3 is 2.62 bits per heavy atom. The van der Waals surface area contributed by atoms with Gasteiger partial charge in [-0.15, -0.1) is 0 Å². The average Bonchev–Trinajstić information content (AvgIpc) is 2.79. The second-order valence-electron chi connectivity index (χ2n) is 5.23. The van der Waals surface area contributed by atoms with Crippen molar-refractivity contribution in [2.24, 2.45) is 7.05 Å². The Hall–Kier alpha value is -2.30. The van der Waals surface area contributed by atoms with Crippen LogP contribution in [0.25, 0.3) is 0 Å². The van der Waals surface area contributed by atoms with Gasteiger partial charge in [-0.3, -0.25) is 4.68 Å². The summed E-state index contributed by atoms with van der Waals surface area (Å²) in [7, 11) is 3.30. The van der Waals surface area contributed by atoms with E-state index in [2.05, 4.69) is 17.3 Å². The summed E-state index contributed by atoms with van der Waals surface area (Å²) in [5.74, 6) is -0.319. The maximum absolute atomic E-state index is 11.5. The molecule has 0 saturated carbocycles. The lowest BCUT2D eigenvalue weighted by atomic mass is 10.1. The fourth-order valence-corrected chi connectivity index (χ4v) is 2.42. The lowest BCUT2D eigenvalue weighted by Gasteiger charge is -2.17. The van der Waals surface area contributed by atoms with Crippen molar-refractivity contribution in [1.29, 1.82) is 0 Å². The number of ether oxygens (including phenoxy) is 1. The molecule has 1 atom stereocenters. The van der Waals surface area contributed by atoms with Crippen LogP contribution in [0.4, 0.5) is 5.69 Å². The largest absolute Gasteiger partial charge is 0.465 e. The Morgan fingerprint density at radius 2 is 2.10 bits per heavy atom. The van der Waals surface area contributed by atoms with Gasteiger partial charge < -0.3 is 10.1 Å². The molecule has 21 heavy (non-hydrogen) atoms. The highest BCUT2D eigenvalue weighted by Crippen LogP contribution is 2.24. The summed E-state index contributed by atoms with van der Waals surface area (Å²) >= 11 is 0. The van der Waals surface area contributed by atoms with Crippen LogP contribution >= 0.6 is 0 Å². The van der Waals surface area contributed by atoms with Crippen molar-refractivity contribution in [3.63, 3.8) is 0 Å². The molecule has 0 radical (unpaired) electrons. The number of methoxy groups -OCH3 is 1. The number of nitrogens with zero attached hydrogens (tertiary/aromatic N) is 2. The zero-order valence-electron chi connectivity index (χ0n) is 13.1. The van der Waals surface area contributed by atoms with Crippen molar-refractivity contribution < 1.29 is 9.53 Å². The van der Waals surface area contributed by atoms with Crippen LogP contribution < -0.4 is 5.32 Å². The topological polar surface area (TPSA) is 56.1 Å². The molecule has 0 aliphatic rings. The van der Waals surface area contributed by atoms with Crippen molar-refractivity contribution in [3.05, 3.63) is 46.8 Å². The average molecular weight is 287 g/mol. The number of nitrogens with one attached hydrogen (secondary N) is 1. The maximum Gasteiger partial charge on any atom is 0.337 e. The molecule has 0 aliphatic heterocycles. The smallest absolute Gasteiger partial charge is 0.337 e. The quantitative estimate of drug-likeness (QED) is 0.878. The van der Waals surface area contributed by atoms with Crippen LogP contribution in [0, 0.1) is 13.8 Å². The molecule has 5 heteroatoms. The number of esters is 1. The van der Waals surface area contributed by atoms with E-state index in [1.807, 2.05) is 43.9 Å². The predicted octanol–water partition coefficient (Wildman–Crippen LogP) is 3.00. The first-order valence-electron chi connectivity index (χ1n) is 6.88. The summed E-state index contributed by atoms with van der Waals surface area (Å²) in [6.45, 7) is 6.07. The van der Waals surface area contributed by atoms with Gasteiger partial charge in [-0.1, -0.05) is 0 Å². The molecule has 0 bridgehead atoms. The first-order valence-corrected chi connectivity index (χ1v) is 6.88. The fourth-order valence-electron chi connectivity index (χ4n) is 2.42. The van der Waals surface area contributed by atoms with E-state index in [-0.39, 0.29) is 12.0 Å². The zero-order valence-corrected chi connectivity index (χ0v) is 13.1. The Kier molecular flexibility index (Phi) is 4.31. The highest BCUT2D eigenvalue weighted by molar-refractivity contribution is 5.90. The molecule has 1 aromatic heterocycles. The molecule has 0 aliphatic carbocycles. The van der Waals surface area contributed by atoms with Gasteiger partial charge in [0.15, 0.2) is 0 Å². The van der Waals surface area contributed by atoms with Gasteiger partial charge in [0.2, 0.25) is 0 Å². The van der Waals surface area contributed by atoms with Gasteiger partial charge in [0.25, 0.3) is 0 Å². The molecular formula is C16H21N3O2. The molecule has 1 N–H and O–H groups in total. The van der Waals surface area contributed by atoms with E-state index >= 15 is 0 Å². The van der Waals surface area contributed by atoms with Crippen molar-refractivity contribution in [2.75, 3.05) is 12.4 Å². The van der Waals surface area contributed by atoms with Crippen LogP contribution in [0.1, 0.15) is 40.1 Å². The second kappa shape index (κ2) is 5.99. The van der Waals surface area contributed by atoms with Crippen LogP contribution in [0.5, 0.6) is 0 Å². The Bertz CT molecular complexity index is 662. The molecule has 2 aromatic rings.